The summed E-state index contributed by atoms with van der Waals surface area (Å²) < 4.78 is 31.1. The number of rotatable bonds is 8. The van der Waals surface area contributed by atoms with Crippen molar-refractivity contribution in [2.24, 2.45) is 0 Å². The number of aliphatic hydroxyl groups excluding tert-OH is 1. The summed E-state index contributed by atoms with van der Waals surface area (Å²) in [6.45, 7) is 0.0670. The fourth-order valence-electron chi connectivity index (χ4n) is 2.00. The molecule has 3 N–H and O–H groups in total. The molecule has 0 amide bonds. The lowest BCUT2D eigenvalue weighted by Gasteiger charge is -2.20. The zero-order chi connectivity index (χ0) is 14.6. The Bertz CT molecular complexity index is 543. The quantitative estimate of drug-likeness (QED) is 0.679. The van der Waals surface area contributed by atoms with Crippen LogP contribution in [-0.4, -0.2) is 49.4 Å². The van der Waals surface area contributed by atoms with Gasteiger partial charge in [-0.15, -0.1) is 0 Å². The van der Waals surface area contributed by atoms with Crippen LogP contribution in [-0.2, 0) is 10.0 Å². The van der Waals surface area contributed by atoms with Gasteiger partial charge in [-0.3, -0.25) is 0 Å². The van der Waals surface area contributed by atoms with Gasteiger partial charge in [0.15, 0.2) is 0 Å². The molecule has 1 fully saturated rings. The molecule has 1 aromatic carbocycles. The Morgan fingerprint density at radius 2 is 2.15 bits per heavy atom. The van der Waals surface area contributed by atoms with E-state index in [9.17, 15) is 8.42 Å². The Hall–Kier alpha value is -1.31. The third-order valence-electron chi connectivity index (χ3n) is 3.10. The molecule has 0 heterocycles. The van der Waals surface area contributed by atoms with E-state index in [1.807, 2.05) is 0 Å². The van der Waals surface area contributed by atoms with E-state index in [1.54, 1.807) is 24.3 Å². The van der Waals surface area contributed by atoms with Gasteiger partial charge in [0.2, 0.25) is 10.0 Å². The van der Waals surface area contributed by atoms with Crippen LogP contribution in [0, 0.1) is 0 Å². The average Bonchev–Trinajstić information content (AvgIpc) is 3.20. The summed E-state index contributed by atoms with van der Waals surface area (Å²) in [5.74, 6) is 0.457. The number of nitrogen functional groups attached to an aromatic ring is 1. The molecule has 112 valence electrons. The van der Waals surface area contributed by atoms with E-state index in [4.69, 9.17) is 15.6 Å². The maximum absolute atomic E-state index is 12.2. The molecule has 0 spiro atoms. The number of nitrogens with zero attached hydrogens (tertiary/aromatic N) is 1. The largest absolute Gasteiger partial charge is 0.492 e. The Labute approximate surface area is 119 Å². The van der Waals surface area contributed by atoms with Gasteiger partial charge in [0, 0.05) is 24.3 Å². The highest BCUT2D eigenvalue weighted by molar-refractivity contribution is 7.89. The molecule has 0 aromatic heterocycles. The molecule has 1 saturated carbocycles. The molecule has 0 atom stereocenters. The van der Waals surface area contributed by atoms with Crippen LogP contribution in [0.2, 0.25) is 0 Å². The van der Waals surface area contributed by atoms with Gasteiger partial charge < -0.3 is 15.6 Å². The van der Waals surface area contributed by atoms with Crippen molar-refractivity contribution in [2.45, 2.75) is 18.9 Å². The van der Waals surface area contributed by atoms with Crippen molar-refractivity contribution in [3.63, 3.8) is 0 Å². The molecule has 0 aliphatic heterocycles. The summed E-state index contributed by atoms with van der Waals surface area (Å²) in [7, 11) is -3.38. The number of aliphatic hydroxyl groups is 1. The average molecular weight is 300 g/mol. The van der Waals surface area contributed by atoms with Crippen LogP contribution in [0.3, 0.4) is 0 Å². The first-order valence-electron chi connectivity index (χ1n) is 6.61. The van der Waals surface area contributed by atoms with Crippen molar-refractivity contribution >= 4 is 15.7 Å². The first-order chi connectivity index (χ1) is 9.53. The molecule has 1 aliphatic rings. The van der Waals surface area contributed by atoms with E-state index in [1.165, 1.54) is 4.31 Å². The standard InChI is InChI=1S/C13H20N2O4S/c14-11-2-1-3-13(10-11)19-8-9-20(17,18)15(6-7-16)12-4-5-12/h1-3,10,12,16H,4-9,14H2. The lowest BCUT2D eigenvalue weighted by atomic mass is 10.3. The van der Waals surface area contributed by atoms with Gasteiger partial charge >= 0.3 is 0 Å². The van der Waals surface area contributed by atoms with Crippen LogP contribution in [0.15, 0.2) is 24.3 Å². The second kappa shape index (κ2) is 6.43. The molecule has 0 saturated heterocycles. The van der Waals surface area contributed by atoms with Crippen LogP contribution in [0.1, 0.15) is 12.8 Å². The van der Waals surface area contributed by atoms with Crippen molar-refractivity contribution in [2.75, 3.05) is 31.2 Å². The number of nitrogens with two attached hydrogens (primary N) is 1. The van der Waals surface area contributed by atoms with Crippen LogP contribution in [0.25, 0.3) is 0 Å². The summed E-state index contributed by atoms with van der Waals surface area (Å²) >= 11 is 0. The lowest BCUT2D eigenvalue weighted by molar-refractivity contribution is 0.249. The second-order valence-corrected chi connectivity index (χ2v) is 6.84. The third kappa shape index (κ3) is 4.09. The fraction of sp³-hybridized carbons (Fsp3) is 0.538. The van der Waals surface area contributed by atoms with E-state index < -0.39 is 10.0 Å². The molecule has 0 unspecified atom stereocenters. The van der Waals surface area contributed by atoms with E-state index in [2.05, 4.69) is 0 Å². The smallest absolute Gasteiger partial charge is 0.217 e. The van der Waals surface area contributed by atoms with Gasteiger partial charge in [-0.25, -0.2) is 8.42 Å². The van der Waals surface area contributed by atoms with Crippen LogP contribution in [0.5, 0.6) is 5.75 Å². The van der Waals surface area contributed by atoms with Crippen molar-refractivity contribution in [3.8, 4) is 5.75 Å². The highest BCUT2D eigenvalue weighted by Gasteiger charge is 2.36. The fourth-order valence-corrected chi connectivity index (χ4v) is 3.55. The lowest BCUT2D eigenvalue weighted by Crippen LogP contribution is -2.38. The maximum Gasteiger partial charge on any atom is 0.217 e. The van der Waals surface area contributed by atoms with E-state index in [0.29, 0.717) is 11.4 Å². The number of anilines is 1. The molecular weight excluding hydrogens is 280 g/mol. The topological polar surface area (TPSA) is 92.9 Å². The highest BCUT2D eigenvalue weighted by atomic mass is 32.2. The minimum absolute atomic E-state index is 0.0551. The number of ether oxygens (including phenoxy) is 1. The predicted molar refractivity (Wildman–Crippen MR) is 77.0 cm³/mol. The van der Waals surface area contributed by atoms with Crippen molar-refractivity contribution < 1.29 is 18.3 Å². The second-order valence-electron chi connectivity index (χ2n) is 4.80. The molecule has 20 heavy (non-hydrogen) atoms. The summed E-state index contributed by atoms with van der Waals surface area (Å²) in [5, 5.41) is 8.96. The predicted octanol–water partition coefficient (Wildman–Crippen LogP) is 0.434. The van der Waals surface area contributed by atoms with Gasteiger partial charge in [-0.05, 0) is 25.0 Å². The first kappa shape index (κ1) is 15.1. The van der Waals surface area contributed by atoms with E-state index >= 15 is 0 Å². The monoisotopic (exact) mass is 300 g/mol. The van der Waals surface area contributed by atoms with Gasteiger partial charge in [0.25, 0.3) is 0 Å². The van der Waals surface area contributed by atoms with Crippen LogP contribution >= 0.6 is 0 Å². The normalized spacial score (nSPS) is 15.5. The Morgan fingerprint density at radius 1 is 1.40 bits per heavy atom. The summed E-state index contributed by atoms with van der Waals surface area (Å²) in [6.07, 6.45) is 1.74. The number of benzene rings is 1. The molecule has 0 radical (unpaired) electrons. The summed E-state index contributed by atoms with van der Waals surface area (Å²) in [4.78, 5) is 0. The molecule has 2 rings (SSSR count). The van der Waals surface area contributed by atoms with E-state index in [0.717, 1.165) is 12.8 Å². The zero-order valence-electron chi connectivity index (χ0n) is 11.2. The van der Waals surface area contributed by atoms with Gasteiger partial charge in [-0.1, -0.05) is 6.07 Å². The SMILES string of the molecule is Nc1cccc(OCCS(=O)(=O)N(CCO)C2CC2)c1. The van der Waals surface area contributed by atoms with Gasteiger partial charge in [0.05, 0.1) is 12.4 Å². The minimum Gasteiger partial charge on any atom is -0.492 e. The Morgan fingerprint density at radius 3 is 2.75 bits per heavy atom. The van der Waals surface area contributed by atoms with Crippen molar-refractivity contribution in [1.29, 1.82) is 0 Å². The summed E-state index contributed by atoms with van der Waals surface area (Å²) in [6, 6.07) is 6.93. The van der Waals surface area contributed by atoms with Crippen molar-refractivity contribution in [1.82, 2.24) is 4.31 Å². The molecule has 0 bridgehead atoms. The van der Waals surface area contributed by atoms with Gasteiger partial charge in [-0.2, -0.15) is 4.31 Å². The zero-order valence-corrected chi connectivity index (χ0v) is 12.1. The minimum atomic E-state index is -3.38. The van der Waals surface area contributed by atoms with Crippen LogP contribution in [0.4, 0.5) is 5.69 Å². The molecule has 1 aliphatic carbocycles. The Balaban J connectivity index is 1.88. The van der Waals surface area contributed by atoms with Crippen molar-refractivity contribution in [3.05, 3.63) is 24.3 Å². The number of sulfonamides is 1. The molecule has 7 heteroatoms. The maximum atomic E-state index is 12.2. The molecule has 6 nitrogen and oxygen atoms in total. The number of hydrogen-bond donors (Lipinski definition) is 2. The van der Waals surface area contributed by atoms with Crippen LogP contribution < -0.4 is 10.5 Å². The van der Waals surface area contributed by atoms with Gasteiger partial charge in [0.1, 0.15) is 12.4 Å². The first-order valence-corrected chi connectivity index (χ1v) is 8.22. The third-order valence-corrected chi connectivity index (χ3v) is 4.98. The Kier molecular flexibility index (Phi) is 4.85. The highest BCUT2D eigenvalue weighted by Crippen LogP contribution is 2.29. The number of hydrogen-bond acceptors (Lipinski definition) is 5. The van der Waals surface area contributed by atoms with E-state index in [-0.39, 0.29) is 31.6 Å². The molecular formula is C13H20N2O4S. The molecule has 1 aromatic rings. The summed E-state index contributed by atoms with van der Waals surface area (Å²) in [5.41, 5.74) is 6.19.